The summed E-state index contributed by atoms with van der Waals surface area (Å²) in [5.41, 5.74) is 3.61. The van der Waals surface area contributed by atoms with Gasteiger partial charge in [-0.1, -0.05) is 24.3 Å². The molecule has 0 saturated heterocycles. The number of benzene rings is 2. The predicted molar refractivity (Wildman–Crippen MR) is 66.0 cm³/mol. The first-order valence-corrected chi connectivity index (χ1v) is 5.39. The van der Waals surface area contributed by atoms with Crippen LogP contribution < -0.4 is 0 Å². The van der Waals surface area contributed by atoms with Crippen LogP contribution in [-0.2, 0) is 0 Å². The predicted octanol–water partition coefficient (Wildman–Crippen LogP) is 3.98. The van der Waals surface area contributed by atoms with Gasteiger partial charge in [0.15, 0.2) is 0 Å². The highest BCUT2D eigenvalue weighted by atomic mass is 19.1. The lowest BCUT2D eigenvalue weighted by atomic mass is 9.95. The van der Waals surface area contributed by atoms with Crippen LogP contribution in [0.25, 0.3) is 11.1 Å². The molecular weight excluding hydrogens is 213 g/mol. The molecule has 0 fully saturated rings. The Kier molecular flexibility index (Phi) is 2.93. The molecule has 2 rings (SSSR count). The van der Waals surface area contributed by atoms with Gasteiger partial charge < -0.3 is 0 Å². The molecule has 0 heterocycles. The van der Waals surface area contributed by atoms with Gasteiger partial charge in [-0.05, 0) is 42.7 Å². The first-order valence-electron chi connectivity index (χ1n) is 5.39. The molecule has 1 nitrogen and oxygen atoms in total. The molecule has 0 atom stereocenters. The maximum absolute atomic E-state index is 13.6. The third-order valence-electron chi connectivity index (χ3n) is 2.85. The van der Waals surface area contributed by atoms with Crippen molar-refractivity contribution in [1.82, 2.24) is 0 Å². The Hall–Kier alpha value is -2.14. The van der Waals surface area contributed by atoms with E-state index in [4.69, 9.17) is 5.26 Å². The highest BCUT2D eigenvalue weighted by Gasteiger charge is 2.10. The fourth-order valence-electron chi connectivity index (χ4n) is 1.87. The summed E-state index contributed by atoms with van der Waals surface area (Å²) in [4.78, 5) is 0. The second-order valence-electron chi connectivity index (χ2n) is 4.07. The Morgan fingerprint density at radius 3 is 2.35 bits per heavy atom. The van der Waals surface area contributed by atoms with Crippen LogP contribution in [0, 0.1) is 31.0 Å². The van der Waals surface area contributed by atoms with E-state index >= 15 is 0 Å². The van der Waals surface area contributed by atoms with E-state index in [0.29, 0.717) is 16.7 Å². The monoisotopic (exact) mass is 225 g/mol. The summed E-state index contributed by atoms with van der Waals surface area (Å²) in [5, 5.41) is 9.11. The lowest BCUT2D eigenvalue weighted by molar-refractivity contribution is 0.619. The van der Waals surface area contributed by atoms with Gasteiger partial charge in [-0.25, -0.2) is 4.39 Å². The van der Waals surface area contributed by atoms with Crippen molar-refractivity contribution in [3.63, 3.8) is 0 Å². The Bertz CT molecular complexity index is 609. The fourth-order valence-corrected chi connectivity index (χ4v) is 1.87. The van der Waals surface area contributed by atoms with Crippen LogP contribution in [0.2, 0.25) is 0 Å². The van der Waals surface area contributed by atoms with Gasteiger partial charge in [-0.3, -0.25) is 0 Å². The number of hydrogen-bond donors (Lipinski definition) is 0. The van der Waals surface area contributed by atoms with Gasteiger partial charge in [0.05, 0.1) is 11.6 Å². The minimum atomic E-state index is -0.276. The molecule has 0 unspecified atom stereocenters. The van der Waals surface area contributed by atoms with Gasteiger partial charge in [0, 0.05) is 5.56 Å². The van der Waals surface area contributed by atoms with Crippen molar-refractivity contribution in [2.75, 3.05) is 0 Å². The molecule has 84 valence electrons. The molecule has 0 saturated carbocycles. The van der Waals surface area contributed by atoms with Crippen molar-refractivity contribution in [3.8, 4) is 17.2 Å². The number of nitrogens with zero attached hydrogens (tertiary/aromatic N) is 1. The maximum atomic E-state index is 13.6. The lowest BCUT2D eigenvalue weighted by Crippen LogP contribution is -1.92. The largest absolute Gasteiger partial charge is 0.207 e. The summed E-state index contributed by atoms with van der Waals surface area (Å²) in [5.74, 6) is -0.276. The average Bonchev–Trinajstić information content (AvgIpc) is 2.33. The molecule has 0 amide bonds. The van der Waals surface area contributed by atoms with E-state index in [9.17, 15) is 4.39 Å². The summed E-state index contributed by atoms with van der Waals surface area (Å²) in [6.45, 7) is 3.62. The molecule has 0 radical (unpaired) electrons. The second-order valence-corrected chi connectivity index (χ2v) is 4.07. The maximum Gasteiger partial charge on any atom is 0.126 e. The summed E-state index contributed by atoms with van der Waals surface area (Å²) >= 11 is 0. The van der Waals surface area contributed by atoms with Crippen LogP contribution in [-0.4, -0.2) is 0 Å². The molecular formula is C15H12FN. The van der Waals surface area contributed by atoms with Crippen LogP contribution in [0.3, 0.4) is 0 Å². The minimum Gasteiger partial charge on any atom is -0.207 e. The summed E-state index contributed by atoms with van der Waals surface area (Å²) in [6, 6.07) is 12.8. The van der Waals surface area contributed by atoms with Crippen molar-refractivity contribution in [3.05, 3.63) is 58.9 Å². The van der Waals surface area contributed by atoms with Crippen molar-refractivity contribution in [2.45, 2.75) is 13.8 Å². The average molecular weight is 225 g/mol. The Balaban J connectivity index is 2.72. The second kappa shape index (κ2) is 4.39. The summed E-state index contributed by atoms with van der Waals surface area (Å²) in [7, 11) is 0. The van der Waals surface area contributed by atoms with Crippen molar-refractivity contribution < 1.29 is 4.39 Å². The molecule has 0 aliphatic carbocycles. The molecule has 2 aromatic rings. The number of nitriles is 1. The Morgan fingerprint density at radius 2 is 1.71 bits per heavy atom. The van der Waals surface area contributed by atoms with E-state index in [1.165, 1.54) is 6.07 Å². The highest BCUT2D eigenvalue weighted by Crippen LogP contribution is 2.28. The fraction of sp³-hybridized carbons (Fsp3) is 0.133. The lowest BCUT2D eigenvalue weighted by Gasteiger charge is -2.09. The molecule has 0 aliphatic heterocycles. The molecule has 0 bridgehead atoms. The van der Waals surface area contributed by atoms with E-state index < -0.39 is 0 Å². The third kappa shape index (κ3) is 2.05. The first-order chi connectivity index (χ1) is 8.13. The van der Waals surface area contributed by atoms with E-state index in [-0.39, 0.29) is 5.82 Å². The van der Waals surface area contributed by atoms with E-state index in [1.807, 2.05) is 31.2 Å². The third-order valence-corrected chi connectivity index (χ3v) is 2.85. The van der Waals surface area contributed by atoms with Gasteiger partial charge >= 0.3 is 0 Å². The van der Waals surface area contributed by atoms with Gasteiger partial charge in [0.2, 0.25) is 0 Å². The van der Waals surface area contributed by atoms with Gasteiger partial charge in [0.25, 0.3) is 0 Å². The Labute approximate surface area is 100 Å². The molecule has 2 heteroatoms. The normalized spacial score (nSPS) is 10.0. The number of halogens is 1. The van der Waals surface area contributed by atoms with Crippen molar-refractivity contribution in [1.29, 1.82) is 5.26 Å². The minimum absolute atomic E-state index is 0.276. The van der Waals surface area contributed by atoms with Crippen LogP contribution in [0.1, 0.15) is 16.7 Å². The standard InChI is InChI=1S/C15H12FN/c1-10-5-3-4-6-13(10)14-8-15(16)11(2)7-12(14)9-17/h3-8H,1-2H3. The van der Waals surface area contributed by atoms with Crippen molar-refractivity contribution in [2.24, 2.45) is 0 Å². The van der Waals surface area contributed by atoms with Crippen LogP contribution in [0.15, 0.2) is 36.4 Å². The van der Waals surface area contributed by atoms with Crippen LogP contribution in [0.5, 0.6) is 0 Å². The number of aryl methyl sites for hydroxylation is 2. The molecule has 0 aliphatic rings. The molecule has 0 spiro atoms. The number of hydrogen-bond acceptors (Lipinski definition) is 1. The van der Waals surface area contributed by atoms with Crippen LogP contribution in [0.4, 0.5) is 4.39 Å². The number of rotatable bonds is 1. The smallest absolute Gasteiger partial charge is 0.126 e. The molecule has 0 N–H and O–H groups in total. The zero-order chi connectivity index (χ0) is 12.4. The zero-order valence-corrected chi connectivity index (χ0v) is 9.79. The van der Waals surface area contributed by atoms with Crippen molar-refractivity contribution >= 4 is 0 Å². The summed E-state index contributed by atoms with van der Waals surface area (Å²) in [6.07, 6.45) is 0. The van der Waals surface area contributed by atoms with E-state index in [0.717, 1.165) is 11.1 Å². The van der Waals surface area contributed by atoms with Gasteiger partial charge in [-0.15, -0.1) is 0 Å². The van der Waals surface area contributed by atoms with E-state index in [2.05, 4.69) is 6.07 Å². The quantitative estimate of drug-likeness (QED) is 0.720. The molecule has 2 aromatic carbocycles. The van der Waals surface area contributed by atoms with E-state index in [1.54, 1.807) is 13.0 Å². The van der Waals surface area contributed by atoms with Crippen LogP contribution >= 0.6 is 0 Å². The molecule has 17 heavy (non-hydrogen) atoms. The zero-order valence-electron chi connectivity index (χ0n) is 9.79. The van der Waals surface area contributed by atoms with Gasteiger partial charge in [-0.2, -0.15) is 5.26 Å². The Morgan fingerprint density at radius 1 is 1.00 bits per heavy atom. The molecule has 0 aromatic heterocycles. The van der Waals surface area contributed by atoms with Gasteiger partial charge in [0.1, 0.15) is 5.82 Å². The first kappa shape index (κ1) is 11.3. The summed E-state index contributed by atoms with van der Waals surface area (Å²) < 4.78 is 13.6. The highest BCUT2D eigenvalue weighted by molar-refractivity contribution is 5.73. The topological polar surface area (TPSA) is 23.8 Å². The SMILES string of the molecule is Cc1cc(C#N)c(-c2ccccc2C)cc1F.